The van der Waals surface area contributed by atoms with Gasteiger partial charge in [-0.15, -0.1) is 0 Å². The monoisotopic (exact) mass is 347 g/mol. The van der Waals surface area contributed by atoms with E-state index >= 15 is 0 Å². The number of rotatable bonds is 1. The van der Waals surface area contributed by atoms with Gasteiger partial charge in [0.05, 0.1) is 30.7 Å². The third-order valence-electron chi connectivity index (χ3n) is 3.65. The van der Waals surface area contributed by atoms with Gasteiger partial charge in [-0.3, -0.25) is 9.47 Å². The van der Waals surface area contributed by atoms with Gasteiger partial charge in [-0.05, 0) is 39.0 Å². The van der Waals surface area contributed by atoms with Gasteiger partial charge in [0.1, 0.15) is 17.7 Å². The number of carbonyl (C=O) groups excluding carboxylic acids is 2. The van der Waals surface area contributed by atoms with E-state index in [1.807, 2.05) is 0 Å². The van der Waals surface area contributed by atoms with Gasteiger partial charge >= 0.3 is 12.1 Å². The Kier molecular flexibility index (Phi) is 3.98. The van der Waals surface area contributed by atoms with E-state index in [4.69, 9.17) is 9.47 Å². The number of hydrogen-bond donors (Lipinski definition) is 0. The molecule has 8 heteroatoms. The summed E-state index contributed by atoms with van der Waals surface area (Å²) in [6, 6.07) is 4.03. The average Bonchev–Trinajstić information content (AvgIpc) is 2.95. The third-order valence-corrected chi connectivity index (χ3v) is 3.65. The first kappa shape index (κ1) is 16.9. The van der Waals surface area contributed by atoms with E-state index in [0.29, 0.717) is 17.1 Å². The number of benzene rings is 1. The summed E-state index contributed by atoms with van der Waals surface area (Å²) in [7, 11) is 1.24. The lowest BCUT2D eigenvalue weighted by Gasteiger charge is -2.30. The quantitative estimate of drug-likeness (QED) is 0.741. The Morgan fingerprint density at radius 3 is 2.60 bits per heavy atom. The summed E-state index contributed by atoms with van der Waals surface area (Å²) in [5.74, 6) is -1.07. The lowest BCUT2D eigenvalue weighted by molar-refractivity contribution is 0.00618. The van der Waals surface area contributed by atoms with Gasteiger partial charge in [0.15, 0.2) is 5.69 Å². The first-order valence-corrected chi connectivity index (χ1v) is 7.66. The molecule has 0 atom stereocenters. The molecule has 0 radical (unpaired) electrons. The molecule has 7 nitrogen and oxygen atoms in total. The SMILES string of the molecule is COC(=O)N1Cc2c(C(=O)OC(C)(C)C)ncn2-c2ccc(F)cc21. The number of hydrogen-bond acceptors (Lipinski definition) is 5. The van der Waals surface area contributed by atoms with E-state index in [0.717, 1.165) is 0 Å². The summed E-state index contributed by atoms with van der Waals surface area (Å²) in [6.45, 7) is 5.28. The molecule has 0 fully saturated rings. The Bertz CT molecular complexity index is 854. The number of fused-ring (bicyclic) bond motifs is 3. The molecule has 1 aliphatic heterocycles. The molecule has 1 aromatic heterocycles. The third kappa shape index (κ3) is 3.07. The van der Waals surface area contributed by atoms with Gasteiger partial charge in [-0.1, -0.05) is 0 Å². The van der Waals surface area contributed by atoms with Crippen molar-refractivity contribution in [3.8, 4) is 5.69 Å². The minimum atomic E-state index is -0.675. The van der Waals surface area contributed by atoms with Crippen LogP contribution in [-0.4, -0.2) is 34.3 Å². The molecule has 1 aromatic carbocycles. The number of anilines is 1. The highest BCUT2D eigenvalue weighted by molar-refractivity contribution is 5.94. The Morgan fingerprint density at radius 2 is 1.96 bits per heavy atom. The molecular formula is C17H18FN3O4. The molecule has 0 bridgehead atoms. The number of ether oxygens (including phenoxy) is 2. The van der Waals surface area contributed by atoms with Gasteiger partial charge in [-0.2, -0.15) is 0 Å². The molecule has 25 heavy (non-hydrogen) atoms. The molecule has 0 spiro atoms. The van der Waals surface area contributed by atoms with Crippen LogP contribution >= 0.6 is 0 Å². The minimum Gasteiger partial charge on any atom is -0.455 e. The fourth-order valence-corrected chi connectivity index (χ4v) is 2.65. The molecule has 0 saturated heterocycles. The smallest absolute Gasteiger partial charge is 0.414 e. The van der Waals surface area contributed by atoms with Crippen molar-refractivity contribution >= 4 is 17.7 Å². The lowest BCUT2D eigenvalue weighted by Crippen LogP contribution is -2.36. The molecule has 0 N–H and O–H groups in total. The van der Waals surface area contributed by atoms with Crippen LogP contribution in [0.15, 0.2) is 24.5 Å². The largest absolute Gasteiger partial charge is 0.455 e. The standard InChI is InChI=1S/C17H18FN3O4/c1-17(2,3)25-15(22)14-13-8-20(16(23)24-4)12-7-10(18)5-6-11(12)21(13)9-19-14/h5-7,9H,8H2,1-4H3. The predicted molar refractivity (Wildman–Crippen MR) is 87.3 cm³/mol. The second kappa shape index (κ2) is 5.87. The van der Waals surface area contributed by atoms with E-state index in [2.05, 4.69) is 4.98 Å². The number of methoxy groups -OCH3 is 1. The summed E-state index contributed by atoms with van der Waals surface area (Å²) < 4.78 is 25.4. The van der Waals surface area contributed by atoms with Crippen molar-refractivity contribution in [1.82, 2.24) is 9.55 Å². The zero-order valence-electron chi connectivity index (χ0n) is 14.4. The summed E-state index contributed by atoms with van der Waals surface area (Å²) in [6.07, 6.45) is 0.800. The van der Waals surface area contributed by atoms with E-state index in [1.54, 1.807) is 25.3 Å². The molecule has 2 heterocycles. The van der Waals surface area contributed by atoms with Crippen molar-refractivity contribution in [2.24, 2.45) is 0 Å². The van der Waals surface area contributed by atoms with E-state index in [9.17, 15) is 14.0 Å². The Hall–Kier alpha value is -2.90. The number of nitrogens with zero attached hydrogens (tertiary/aromatic N) is 3. The van der Waals surface area contributed by atoms with Crippen LogP contribution in [0.5, 0.6) is 0 Å². The normalized spacial score (nSPS) is 13.1. The fraction of sp³-hybridized carbons (Fsp3) is 0.353. The van der Waals surface area contributed by atoms with Crippen LogP contribution in [0.4, 0.5) is 14.9 Å². The summed E-state index contributed by atoms with van der Waals surface area (Å²) >= 11 is 0. The maximum Gasteiger partial charge on any atom is 0.414 e. The van der Waals surface area contributed by atoms with Crippen LogP contribution in [0.25, 0.3) is 5.69 Å². The van der Waals surface area contributed by atoms with E-state index < -0.39 is 23.5 Å². The molecule has 0 saturated carbocycles. The summed E-state index contributed by atoms with van der Waals surface area (Å²) in [5.41, 5.74) is 0.770. The minimum absolute atomic E-state index is 0.0116. The Balaban J connectivity index is 2.10. The predicted octanol–water partition coefficient (Wildman–Crippen LogP) is 3.05. The second-order valence-electron chi connectivity index (χ2n) is 6.60. The zero-order chi connectivity index (χ0) is 18.4. The zero-order valence-corrected chi connectivity index (χ0v) is 14.4. The van der Waals surface area contributed by atoms with Crippen molar-refractivity contribution < 1.29 is 23.5 Å². The first-order chi connectivity index (χ1) is 11.7. The molecule has 3 rings (SSSR count). The van der Waals surface area contributed by atoms with Crippen molar-refractivity contribution in [3.63, 3.8) is 0 Å². The fourth-order valence-electron chi connectivity index (χ4n) is 2.65. The summed E-state index contributed by atoms with van der Waals surface area (Å²) in [5, 5.41) is 0. The number of halogens is 1. The van der Waals surface area contributed by atoms with Crippen LogP contribution < -0.4 is 4.90 Å². The van der Waals surface area contributed by atoms with Crippen LogP contribution in [-0.2, 0) is 16.0 Å². The maximum atomic E-state index is 13.7. The average molecular weight is 347 g/mol. The molecule has 0 aliphatic carbocycles. The number of imidazole rings is 1. The van der Waals surface area contributed by atoms with Crippen molar-refractivity contribution in [3.05, 3.63) is 41.7 Å². The highest BCUT2D eigenvalue weighted by atomic mass is 19.1. The van der Waals surface area contributed by atoms with Gasteiger partial charge in [0, 0.05) is 0 Å². The van der Waals surface area contributed by atoms with Crippen molar-refractivity contribution in [2.45, 2.75) is 32.9 Å². The molecule has 132 valence electrons. The van der Waals surface area contributed by atoms with Gasteiger partial charge in [0.2, 0.25) is 0 Å². The molecular weight excluding hydrogens is 329 g/mol. The lowest BCUT2D eigenvalue weighted by atomic mass is 10.1. The maximum absolute atomic E-state index is 13.7. The van der Waals surface area contributed by atoms with Crippen LogP contribution in [0, 0.1) is 5.82 Å². The number of carbonyl (C=O) groups is 2. The highest BCUT2D eigenvalue weighted by Gasteiger charge is 2.33. The second-order valence-corrected chi connectivity index (χ2v) is 6.60. The molecule has 0 unspecified atom stereocenters. The Morgan fingerprint density at radius 1 is 1.24 bits per heavy atom. The van der Waals surface area contributed by atoms with Gasteiger partial charge in [0.25, 0.3) is 0 Å². The van der Waals surface area contributed by atoms with Gasteiger partial charge in [-0.25, -0.2) is 19.0 Å². The van der Waals surface area contributed by atoms with Crippen LogP contribution in [0.2, 0.25) is 0 Å². The topological polar surface area (TPSA) is 73.7 Å². The first-order valence-electron chi connectivity index (χ1n) is 7.66. The number of esters is 1. The van der Waals surface area contributed by atoms with Crippen molar-refractivity contribution in [2.75, 3.05) is 12.0 Å². The molecule has 1 amide bonds. The van der Waals surface area contributed by atoms with E-state index in [1.165, 1.54) is 36.5 Å². The van der Waals surface area contributed by atoms with E-state index in [-0.39, 0.29) is 12.2 Å². The molecule has 1 aliphatic rings. The van der Waals surface area contributed by atoms with Crippen LogP contribution in [0.3, 0.4) is 0 Å². The Labute approximate surface area is 144 Å². The van der Waals surface area contributed by atoms with Crippen LogP contribution in [0.1, 0.15) is 37.0 Å². The van der Waals surface area contributed by atoms with Crippen molar-refractivity contribution in [1.29, 1.82) is 0 Å². The molecule has 2 aromatic rings. The number of aromatic nitrogens is 2. The summed E-state index contributed by atoms with van der Waals surface area (Å²) in [4.78, 5) is 29.9. The van der Waals surface area contributed by atoms with Gasteiger partial charge < -0.3 is 9.47 Å². The number of amides is 1. The highest BCUT2D eigenvalue weighted by Crippen LogP contribution is 2.34.